The molecule has 5 nitrogen and oxygen atoms in total. The first-order valence-electron chi connectivity index (χ1n) is 7.93. The Labute approximate surface area is 134 Å². The van der Waals surface area contributed by atoms with Crippen molar-refractivity contribution in [2.75, 3.05) is 0 Å². The highest BCUT2D eigenvalue weighted by Gasteiger charge is 2.42. The van der Waals surface area contributed by atoms with Gasteiger partial charge in [-0.1, -0.05) is 18.0 Å². The Morgan fingerprint density at radius 1 is 1.45 bits per heavy atom. The number of rotatable bonds is 3. The molecular weight excluding hydrogens is 300 g/mol. The quantitative estimate of drug-likeness (QED) is 0.946. The minimum Gasteiger partial charge on any atom is -0.348 e. The number of amides is 1. The fourth-order valence-electron chi connectivity index (χ4n) is 4.29. The van der Waals surface area contributed by atoms with E-state index in [1.165, 1.54) is 25.7 Å². The lowest BCUT2D eigenvalue weighted by molar-refractivity contribution is 0.0910. The van der Waals surface area contributed by atoms with Crippen LogP contribution in [0.3, 0.4) is 0 Å². The van der Waals surface area contributed by atoms with Crippen LogP contribution in [0.2, 0.25) is 5.02 Å². The largest absolute Gasteiger partial charge is 0.348 e. The van der Waals surface area contributed by atoms with E-state index in [0.717, 1.165) is 11.8 Å². The van der Waals surface area contributed by atoms with Crippen LogP contribution in [0.15, 0.2) is 18.5 Å². The average Bonchev–Trinajstić information content (AvgIpc) is 3.22. The summed E-state index contributed by atoms with van der Waals surface area (Å²) in [4.78, 5) is 16.7. The Balaban J connectivity index is 1.52. The molecule has 2 aliphatic rings. The number of halogens is 1. The molecule has 2 aliphatic carbocycles. The van der Waals surface area contributed by atoms with Crippen LogP contribution in [-0.4, -0.2) is 26.5 Å². The van der Waals surface area contributed by atoms with Gasteiger partial charge in [0.1, 0.15) is 5.02 Å². The van der Waals surface area contributed by atoms with Gasteiger partial charge in [-0.2, -0.15) is 5.10 Å². The number of fused-ring (bicyclic) bond motifs is 3. The van der Waals surface area contributed by atoms with Crippen molar-refractivity contribution in [2.24, 2.45) is 17.8 Å². The van der Waals surface area contributed by atoms with Gasteiger partial charge in [-0.05, 0) is 50.0 Å². The van der Waals surface area contributed by atoms with E-state index in [-0.39, 0.29) is 17.6 Å². The SMILES string of the molecule is C[C@H](NC(=O)c1nn2cccnc2c1Cl)[C@@H]1C[C@H]2CC[C@H]1C2. The second-order valence-corrected chi connectivity index (χ2v) is 7.03. The van der Waals surface area contributed by atoms with E-state index in [1.54, 1.807) is 23.0 Å². The Hall–Kier alpha value is -1.62. The molecule has 4 rings (SSSR count). The number of hydrogen-bond acceptors (Lipinski definition) is 3. The van der Waals surface area contributed by atoms with Crippen molar-refractivity contribution in [1.82, 2.24) is 19.9 Å². The molecule has 2 aromatic rings. The van der Waals surface area contributed by atoms with Gasteiger partial charge in [0, 0.05) is 18.4 Å². The Morgan fingerprint density at radius 2 is 2.32 bits per heavy atom. The molecular formula is C16H19ClN4O. The fraction of sp³-hybridized carbons (Fsp3) is 0.562. The molecule has 0 radical (unpaired) electrons. The second kappa shape index (κ2) is 5.23. The standard InChI is InChI=1S/C16H19ClN4O/c1-9(12-8-10-3-4-11(12)7-10)19-16(22)14-13(17)15-18-5-2-6-21(15)20-14/h2,5-6,9-12H,3-4,7-8H2,1H3,(H,19,22)/t9-,10-,11-,12-/m0/s1. The smallest absolute Gasteiger partial charge is 0.273 e. The van der Waals surface area contributed by atoms with E-state index in [1.807, 2.05) is 0 Å². The molecule has 4 atom stereocenters. The number of nitrogens with zero attached hydrogens (tertiary/aromatic N) is 3. The highest BCUT2D eigenvalue weighted by Crippen LogP contribution is 2.49. The highest BCUT2D eigenvalue weighted by atomic mass is 35.5. The molecule has 1 N–H and O–H groups in total. The molecule has 0 unspecified atom stereocenters. The molecule has 2 heterocycles. The minimum atomic E-state index is -0.203. The number of hydrogen-bond donors (Lipinski definition) is 1. The van der Waals surface area contributed by atoms with Gasteiger partial charge in [0.25, 0.3) is 5.91 Å². The molecule has 2 saturated carbocycles. The van der Waals surface area contributed by atoms with Crippen LogP contribution in [0.5, 0.6) is 0 Å². The van der Waals surface area contributed by atoms with E-state index in [9.17, 15) is 4.79 Å². The third kappa shape index (κ3) is 2.19. The maximum Gasteiger partial charge on any atom is 0.273 e. The zero-order chi connectivity index (χ0) is 15.3. The van der Waals surface area contributed by atoms with E-state index in [0.29, 0.717) is 16.6 Å². The van der Waals surface area contributed by atoms with Gasteiger partial charge in [0.2, 0.25) is 0 Å². The van der Waals surface area contributed by atoms with Crippen molar-refractivity contribution in [3.8, 4) is 0 Å². The molecule has 116 valence electrons. The van der Waals surface area contributed by atoms with Gasteiger partial charge in [0.05, 0.1) is 0 Å². The lowest BCUT2D eigenvalue weighted by Crippen LogP contribution is -2.40. The van der Waals surface area contributed by atoms with Crippen LogP contribution in [-0.2, 0) is 0 Å². The zero-order valence-electron chi connectivity index (χ0n) is 12.5. The van der Waals surface area contributed by atoms with Gasteiger partial charge >= 0.3 is 0 Å². The molecule has 0 saturated heterocycles. The van der Waals surface area contributed by atoms with Crippen molar-refractivity contribution in [1.29, 1.82) is 0 Å². The summed E-state index contributed by atoms with van der Waals surface area (Å²) in [6.45, 7) is 2.10. The Morgan fingerprint density at radius 3 is 3.00 bits per heavy atom. The van der Waals surface area contributed by atoms with Crippen LogP contribution in [0.25, 0.3) is 5.65 Å². The van der Waals surface area contributed by atoms with Crippen molar-refractivity contribution in [2.45, 2.75) is 38.6 Å². The first-order chi connectivity index (χ1) is 10.6. The topological polar surface area (TPSA) is 59.3 Å². The lowest BCUT2D eigenvalue weighted by Gasteiger charge is -2.28. The van der Waals surface area contributed by atoms with Gasteiger partial charge in [-0.25, -0.2) is 9.50 Å². The summed E-state index contributed by atoms with van der Waals surface area (Å²) >= 11 is 6.25. The minimum absolute atomic E-state index is 0.164. The number of nitrogens with one attached hydrogen (secondary N) is 1. The van der Waals surface area contributed by atoms with E-state index in [4.69, 9.17) is 11.6 Å². The molecule has 1 amide bonds. The zero-order valence-corrected chi connectivity index (χ0v) is 13.3. The molecule has 22 heavy (non-hydrogen) atoms. The molecule has 2 fully saturated rings. The van der Waals surface area contributed by atoms with Crippen LogP contribution in [0.1, 0.15) is 43.1 Å². The summed E-state index contributed by atoms with van der Waals surface area (Å²) in [5.74, 6) is 2.04. The molecule has 0 aliphatic heterocycles. The van der Waals surface area contributed by atoms with Crippen LogP contribution in [0, 0.1) is 17.8 Å². The van der Waals surface area contributed by atoms with Crippen LogP contribution < -0.4 is 5.32 Å². The molecule has 2 bridgehead atoms. The second-order valence-electron chi connectivity index (χ2n) is 6.65. The first kappa shape index (κ1) is 14.0. The highest BCUT2D eigenvalue weighted by molar-refractivity contribution is 6.36. The maximum absolute atomic E-state index is 12.5. The van der Waals surface area contributed by atoms with Crippen molar-refractivity contribution < 1.29 is 4.79 Å². The van der Waals surface area contributed by atoms with Gasteiger partial charge < -0.3 is 5.32 Å². The molecule has 0 spiro atoms. The fourth-order valence-corrected chi connectivity index (χ4v) is 4.55. The number of carbonyl (C=O) groups excluding carboxylic acids is 1. The van der Waals surface area contributed by atoms with E-state index >= 15 is 0 Å². The summed E-state index contributed by atoms with van der Waals surface area (Å²) in [6, 6.07) is 1.92. The van der Waals surface area contributed by atoms with Gasteiger partial charge in [-0.15, -0.1) is 0 Å². The maximum atomic E-state index is 12.5. The molecule has 0 aromatic carbocycles. The molecule has 6 heteroatoms. The Bertz CT molecular complexity index is 728. The van der Waals surface area contributed by atoms with Gasteiger partial charge in [-0.3, -0.25) is 4.79 Å². The normalized spacial score (nSPS) is 28.2. The van der Waals surface area contributed by atoms with Crippen LogP contribution in [0.4, 0.5) is 0 Å². The number of carbonyl (C=O) groups is 1. The average molecular weight is 319 g/mol. The predicted octanol–water partition coefficient (Wildman–Crippen LogP) is 2.94. The lowest BCUT2D eigenvalue weighted by atomic mass is 9.84. The first-order valence-corrected chi connectivity index (χ1v) is 8.31. The van der Waals surface area contributed by atoms with Crippen molar-refractivity contribution in [3.05, 3.63) is 29.2 Å². The third-order valence-corrected chi connectivity index (χ3v) is 5.70. The van der Waals surface area contributed by atoms with Crippen molar-refractivity contribution in [3.63, 3.8) is 0 Å². The summed E-state index contributed by atoms with van der Waals surface area (Å²) in [7, 11) is 0. The van der Waals surface area contributed by atoms with Crippen LogP contribution >= 0.6 is 11.6 Å². The Kier molecular flexibility index (Phi) is 3.33. The van der Waals surface area contributed by atoms with Gasteiger partial charge in [0.15, 0.2) is 11.3 Å². The summed E-state index contributed by atoms with van der Waals surface area (Å²) in [6.07, 6.45) is 8.64. The summed E-state index contributed by atoms with van der Waals surface area (Å²) in [5.41, 5.74) is 0.775. The monoisotopic (exact) mass is 318 g/mol. The predicted molar refractivity (Wildman–Crippen MR) is 83.9 cm³/mol. The van der Waals surface area contributed by atoms with E-state index < -0.39 is 0 Å². The molecule has 2 aromatic heterocycles. The van der Waals surface area contributed by atoms with Crippen molar-refractivity contribution >= 4 is 23.2 Å². The third-order valence-electron chi connectivity index (χ3n) is 5.35. The summed E-state index contributed by atoms with van der Waals surface area (Å²) < 4.78 is 1.54. The summed E-state index contributed by atoms with van der Waals surface area (Å²) in [5, 5.41) is 7.67. The van der Waals surface area contributed by atoms with E-state index in [2.05, 4.69) is 22.3 Å². The number of aromatic nitrogens is 3.